The van der Waals surface area contributed by atoms with Crippen LogP contribution in [0.1, 0.15) is 20.3 Å². The van der Waals surface area contributed by atoms with E-state index in [1.165, 1.54) is 0 Å². The highest BCUT2D eigenvalue weighted by atomic mass is 16.6. The number of rotatable bonds is 2. The van der Waals surface area contributed by atoms with Crippen LogP contribution in [-0.2, 0) is 4.74 Å². The summed E-state index contributed by atoms with van der Waals surface area (Å²) >= 11 is 0. The second kappa shape index (κ2) is 3.70. The number of hydrogen-bond acceptors (Lipinski definition) is 4. The molecule has 0 aromatic carbocycles. The Balaban J connectivity index is 2.58. The van der Waals surface area contributed by atoms with E-state index in [1.54, 1.807) is 13.8 Å². The Labute approximate surface area is 71.8 Å². The molecule has 1 fully saturated rings. The van der Waals surface area contributed by atoms with Gasteiger partial charge < -0.3 is 20.1 Å². The highest BCUT2D eigenvalue weighted by Gasteiger charge is 2.43. The van der Waals surface area contributed by atoms with Crippen molar-refractivity contribution in [1.82, 2.24) is 0 Å². The second-order valence-corrected chi connectivity index (χ2v) is 3.26. The molecule has 5 atom stereocenters. The van der Waals surface area contributed by atoms with E-state index in [1.807, 2.05) is 0 Å². The zero-order chi connectivity index (χ0) is 9.30. The topological polar surface area (TPSA) is 69.9 Å². The lowest BCUT2D eigenvalue weighted by Crippen LogP contribution is -2.38. The second-order valence-electron chi connectivity index (χ2n) is 3.26. The third-order valence-electron chi connectivity index (χ3n) is 2.34. The molecule has 0 spiro atoms. The summed E-state index contributed by atoms with van der Waals surface area (Å²) in [6.07, 6.45) is -3.06. The third-order valence-corrected chi connectivity index (χ3v) is 2.34. The monoisotopic (exact) mass is 176 g/mol. The zero-order valence-corrected chi connectivity index (χ0v) is 7.34. The first kappa shape index (κ1) is 9.92. The molecule has 0 aromatic rings. The van der Waals surface area contributed by atoms with Crippen LogP contribution in [0.4, 0.5) is 0 Å². The van der Waals surface area contributed by atoms with Gasteiger partial charge in [0.05, 0.1) is 12.2 Å². The first-order valence-electron chi connectivity index (χ1n) is 4.27. The number of aliphatic hydroxyl groups excluding tert-OH is 3. The molecule has 0 saturated carbocycles. The highest BCUT2D eigenvalue weighted by molar-refractivity contribution is 4.91. The van der Waals surface area contributed by atoms with E-state index in [-0.39, 0.29) is 0 Å². The Kier molecular flexibility index (Phi) is 3.06. The van der Waals surface area contributed by atoms with Crippen LogP contribution in [0.15, 0.2) is 0 Å². The lowest BCUT2D eigenvalue weighted by atomic mass is 10.0. The van der Waals surface area contributed by atoms with Crippen molar-refractivity contribution >= 4 is 0 Å². The van der Waals surface area contributed by atoms with Crippen molar-refractivity contribution in [2.75, 3.05) is 0 Å². The summed E-state index contributed by atoms with van der Waals surface area (Å²) in [4.78, 5) is 0. The van der Waals surface area contributed by atoms with E-state index in [0.29, 0.717) is 6.42 Å². The third kappa shape index (κ3) is 1.61. The van der Waals surface area contributed by atoms with Gasteiger partial charge in [-0.15, -0.1) is 0 Å². The Morgan fingerprint density at radius 3 is 2.25 bits per heavy atom. The molecule has 0 amide bonds. The van der Waals surface area contributed by atoms with Crippen LogP contribution >= 0.6 is 0 Å². The summed E-state index contributed by atoms with van der Waals surface area (Å²) in [5.41, 5.74) is 0. The van der Waals surface area contributed by atoms with Crippen molar-refractivity contribution in [3.05, 3.63) is 0 Å². The molecule has 72 valence electrons. The van der Waals surface area contributed by atoms with Crippen LogP contribution in [0.5, 0.6) is 0 Å². The van der Waals surface area contributed by atoms with Gasteiger partial charge in [0.1, 0.15) is 18.3 Å². The van der Waals surface area contributed by atoms with Crippen LogP contribution in [0, 0.1) is 0 Å². The molecule has 1 saturated heterocycles. The minimum absolute atomic E-state index is 0.397. The summed E-state index contributed by atoms with van der Waals surface area (Å²) < 4.78 is 5.19. The van der Waals surface area contributed by atoms with Crippen molar-refractivity contribution in [2.45, 2.75) is 50.8 Å². The fraction of sp³-hybridized carbons (Fsp3) is 1.00. The van der Waals surface area contributed by atoms with Crippen molar-refractivity contribution in [2.24, 2.45) is 0 Å². The van der Waals surface area contributed by atoms with E-state index in [0.717, 1.165) is 0 Å². The maximum absolute atomic E-state index is 9.39. The number of hydrogen-bond donors (Lipinski definition) is 3. The molecule has 0 radical (unpaired) electrons. The van der Waals surface area contributed by atoms with Crippen molar-refractivity contribution in [1.29, 1.82) is 0 Å². The molecule has 12 heavy (non-hydrogen) atoms. The summed E-state index contributed by atoms with van der Waals surface area (Å²) in [6, 6.07) is 0. The van der Waals surface area contributed by atoms with Gasteiger partial charge in [-0.2, -0.15) is 0 Å². The molecule has 1 rings (SSSR count). The Hall–Kier alpha value is -0.160. The summed E-state index contributed by atoms with van der Waals surface area (Å²) in [6.45, 7) is 3.48. The van der Waals surface area contributed by atoms with Crippen LogP contribution in [0.2, 0.25) is 0 Å². The van der Waals surface area contributed by atoms with Crippen LogP contribution in [0.25, 0.3) is 0 Å². The highest BCUT2D eigenvalue weighted by Crippen LogP contribution is 2.24. The lowest BCUT2D eigenvalue weighted by molar-refractivity contribution is -0.0627. The quantitative estimate of drug-likeness (QED) is 0.518. The molecular formula is C8H16O4. The summed E-state index contributed by atoms with van der Waals surface area (Å²) in [5.74, 6) is 0. The van der Waals surface area contributed by atoms with Gasteiger partial charge in [-0.1, -0.05) is 6.92 Å². The van der Waals surface area contributed by atoms with E-state index in [4.69, 9.17) is 4.74 Å². The van der Waals surface area contributed by atoms with E-state index < -0.39 is 30.5 Å². The van der Waals surface area contributed by atoms with Gasteiger partial charge in [-0.3, -0.25) is 0 Å². The van der Waals surface area contributed by atoms with Crippen molar-refractivity contribution < 1.29 is 20.1 Å². The first-order valence-corrected chi connectivity index (χ1v) is 4.27. The fourth-order valence-corrected chi connectivity index (χ4v) is 1.43. The average molecular weight is 176 g/mol. The molecule has 0 aliphatic carbocycles. The molecule has 4 nitrogen and oxygen atoms in total. The van der Waals surface area contributed by atoms with Crippen LogP contribution in [-0.4, -0.2) is 45.8 Å². The van der Waals surface area contributed by atoms with Gasteiger partial charge in [0.25, 0.3) is 0 Å². The molecule has 3 N–H and O–H groups in total. The Morgan fingerprint density at radius 2 is 1.92 bits per heavy atom. The minimum atomic E-state index is -0.963. The molecule has 0 aromatic heterocycles. The van der Waals surface area contributed by atoms with E-state index >= 15 is 0 Å². The van der Waals surface area contributed by atoms with Gasteiger partial charge in [0.2, 0.25) is 0 Å². The maximum Gasteiger partial charge on any atom is 0.112 e. The predicted octanol–water partition coefficient (Wildman–Crippen LogP) is -0.734. The molecule has 1 aliphatic rings. The Morgan fingerprint density at radius 1 is 1.33 bits per heavy atom. The van der Waals surface area contributed by atoms with E-state index in [2.05, 4.69) is 0 Å². The number of ether oxygens (including phenoxy) is 1. The molecule has 0 unspecified atom stereocenters. The summed E-state index contributed by atoms with van der Waals surface area (Å²) in [5, 5.41) is 28.1. The van der Waals surface area contributed by atoms with Gasteiger partial charge in [0.15, 0.2) is 0 Å². The molecule has 1 aliphatic heterocycles. The predicted molar refractivity (Wildman–Crippen MR) is 42.6 cm³/mol. The lowest BCUT2D eigenvalue weighted by Gasteiger charge is -2.19. The molecule has 0 bridgehead atoms. The largest absolute Gasteiger partial charge is 0.390 e. The Bertz CT molecular complexity index is 150. The number of aliphatic hydroxyl groups is 3. The average Bonchev–Trinajstić information content (AvgIpc) is 2.32. The molecule has 4 heteroatoms. The normalized spacial score (nSPS) is 44.8. The summed E-state index contributed by atoms with van der Waals surface area (Å²) in [7, 11) is 0. The van der Waals surface area contributed by atoms with Crippen LogP contribution < -0.4 is 0 Å². The van der Waals surface area contributed by atoms with Crippen LogP contribution in [0.3, 0.4) is 0 Å². The first-order chi connectivity index (χ1) is 5.57. The van der Waals surface area contributed by atoms with Crippen molar-refractivity contribution in [3.63, 3.8) is 0 Å². The van der Waals surface area contributed by atoms with Gasteiger partial charge >= 0.3 is 0 Å². The standard InChI is InChI=1S/C8H16O4/c1-3-5(9)8-7(11)6(10)4(2)12-8/h4-11H,3H2,1-2H3/t4-,5-,6-,7-,8+/m0/s1. The van der Waals surface area contributed by atoms with Crippen molar-refractivity contribution in [3.8, 4) is 0 Å². The van der Waals surface area contributed by atoms with E-state index in [9.17, 15) is 15.3 Å². The van der Waals surface area contributed by atoms with Gasteiger partial charge in [-0.25, -0.2) is 0 Å². The molecule has 1 heterocycles. The smallest absolute Gasteiger partial charge is 0.112 e. The zero-order valence-electron chi connectivity index (χ0n) is 7.34. The maximum atomic E-state index is 9.39. The van der Waals surface area contributed by atoms with Gasteiger partial charge in [-0.05, 0) is 13.3 Å². The minimum Gasteiger partial charge on any atom is -0.390 e. The SMILES string of the molecule is CC[C@H](O)[C@H]1O[C@@H](C)[C@H](O)[C@@H]1O. The van der Waals surface area contributed by atoms with Gasteiger partial charge in [0, 0.05) is 0 Å². The molecular weight excluding hydrogens is 160 g/mol. The fourth-order valence-electron chi connectivity index (χ4n) is 1.43.